The number of carbonyl (C=O) groups excluding carboxylic acids is 1. The Balaban J connectivity index is 1.32. The van der Waals surface area contributed by atoms with E-state index >= 15 is 0 Å². The maximum atomic E-state index is 12.8. The molecule has 0 atom stereocenters. The molecular weight excluding hydrogens is 426 g/mol. The molecule has 0 aliphatic carbocycles. The minimum Gasteiger partial charge on any atom is -0.465 e. The minimum absolute atomic E-state index is 0.179. The van der Waals surface area contributed by atoms with Gasteiger partial charge in [0.15, 0.2) is 0 Å². The Kier molecular flexibility index (Phi) is 5.90. The largest absolute Gasteiger partial charge is 0.465 e. The van der Waals surface area contributed by atoms with Crippen LogP contribution < -0.4 is 10.6 Å². The van der Waals surface area contributed by atoms with Crippen molar-refractivity contribution in [3.05, 3.63) is 107 Å². The van der Waals surface area contributed by atoms with Gasteiger partial charge in [-0.2, -0.15) is 5.10 Å². The first-order valence-electron chi connectivity index (χ1n) is 10.9. The summed E-state index contributed by atoms with van der Waals surface area (Å²) >= 11 is 0. The Bertz CT molecular complexity index is 1470. The topological polar surface area (TPSA) is 95.8 Å². The summed E-state index contributed by atoms with van der Waals surface area (Å²) in [5.74, 6) is 1.35. The smallest absolute Gasteiger partial charge is 0.253 e. The van der Waals surface area contributed by atoms with Crippen molar-refractivity contribution in [1.29, 1.82) is 0 Å². The van der Waals surface area contributed by atoms with E-state index in [1.165, 1.54) is 0 Å². The summed E-state index contributed by atoms with van der Waals surface area (Å²) < 4.78 is 5.53. The van der Waals surface area contributed by atoms with E-state index in [2.05, 4.69) is 25.8 Å². The number of aromatic nitrogens is 3. The van der Waals surface area contributed by atoms with E-state index in [-0.39, 0.29) is 5.91 Å². The standard InChI is InChI=1S/C27H23N5O2/c1-18-9-12-21(34-18)17-29-27(33)23-7-2-3-8-24(23)30-20-10-13-22-25(31-32-26(22)16-20)14-11-19-6-4-5-15-28-19/h2-16,30H,17H2,1H3,(H,29,33)(H,31,32)/b14-11+. The van der Waals surface area contributed by atoms with Crippen molar-refractivity contribution in [1.82, 2.24) is 20.5 Å². The molecule has 5 rings (SSSR count). The number of hydrogen-bond donors (Lipinski definition) is 3. The number of fused-ring (bicyclic) bond motifs is 1. The molecule has 3 aromatic heterocycles. The average molecular weight is 450 g/mol. The molecule has 5 aromatic rings. The van der Waals surface area contributed by atoms with Crippen molar-refractivity contribution in [2.75, 3.05) is 5.32 Å². The molecule has 3 heterocycles. The average Bonchev–Trinajstić information content (AvgIpc) is 3.47. The zero-order chi connectivity index (χ0) is 23.3. The molecule has 168 valence electrons. The van der Waals surface area contributed by atoms with E-state index < -0.39 is 0 Å². The molecule has 2 aromatic carbocycles. The zero-order valence-electron chi connectivity index (χ0n) is 18.6. The van der Waals surface area contributed by atoms with Gasteiger partial charge in [0.2, 0.25) is 0 Å². The van der Waals surface area contributed by atoms with E-state index in [1.807, 2.05) is 85.8 Å². The molecule has 3 N–H and O–H groups in total. The van der Waals surface area contributed by atoms with Crippen LogP contribution in [0.4, 0.5) is 11.4 Å². The highest BCUT2D eigenvalue weighted by Gasteiger charge is 2.12. The van der Waals surface area contributed by atoms with Crippen LogP contribution in [0.3, 0.4) is 0 Å². The second-order valence-electron chi connectivity index (χ2n) is 7.82. The predicted octanol–water partition coefficient (Wildman–Crippen LogP) is 5.70. The van der Waals surface area contributed by atoms with Gasteiger partial charge in [-0.05, 0) is 73.7 Å². The molecule has 0 aliphatic rings. The van der Waals surface area contributed by atoms with Crippen LogP contribution in [0.25, 0.3) is 23.1 Å². The Labute approximate surface area is 196 Å². The number of nitrogens with one attached hydrogen (secondary N) is 3. The molecule has 0 bridgehead atoms. The van der Waals surface area contributed by atoms with Gasteiger partial charge in [-0.15, -0.1) is 0 Å². The molecule has 0 fully saturated rings. The van der Waals surface area contributed by atoms with Crippen molar-refractivity contribution in [2.24, 2.45) is 0 Å². The SMILES string of the molecule is Cc1ccc(CNC(=O)c2ccccc2Nc2ccc3c(/C=C/c4ccccn4)n[nH]c3c2)o1. The lowest BCUT2D eigenvalue weighted by Gasteiger charge is -2.12. The minimum atomic E-state index is -0.179. The van der Waals surface area contributed by atoms with E-state index in [9.17, 15) is 4.79 Å². The second-order valence-corrected chi connectivity index (χ2v) is 7.82. The number of aromatic amines is 1. The monoisotopic (exact) mass is 449 g/mol. The number of nitrogens with zero attached hydrogens (tertiary/aromatic N) is 2. The summed E-state index contributed by atoms with van der Waals surface area (Å²) in [6, 6.07) is 22.9. The lowest BCUT2D eigenvalue weighted by atomic mass is 10.1. The summed E-state index contributed by atoms with van der Waals surface area (Å²) in [7, 11) is 0. The number of furan rings is 1. The van der Waals surface area contributed by atoms with Gasteiger partial charge in [-0.3, -0.25) is 14.9 Å². The third-order valence-corrected chi connectivity index (χ3v) is 5.36. The van der Waals surface area contributed by atoms with Crippen LogP contribution >= 0.6 is 0 Å². The van der Waals surface area contributed by atoms with Crippen molar-refractivity contribution < 1.29 is 9.21 Å². The van der Waals surface area contributed by atoms with E-state index in [1.54, 1.807) is 12.3 Å². The molecule has 34 heavy (non-hydrogen) atoms. The molecule has 0 radical (unpaired) electrons. The Morgan fingerprint density at radius 1 is 1.03 bits per heavy atom. The summed E-state index contributed by atoms with van der Waals surface area (Å²) in [5, 5.41) is 14.8. The first kappa shape index (κ1) is 21.2. The fourth-order valence-electron chi connectivity index (χ4n) is 3.67. The number of aryl methyl sites for hydroxylation is 1. The first-order valence-corrected chi connectivity index (χ1v) is 10.9. The molecule has 0 spiro atoms. The molecule has 0 saturated carbocycles. The van der Waals surface area contributed by atoms with Crippen LogP contribution in [0, 0.1) is 6.92 Å². The van der Waals surface area contributed by atoms with Gasteiger partial charge in [0.25, 0.3) is 5.91 Å². The van der Waals surface area contributed by atoms with Crippen molar-refractivity contribution in [3.63, 3.8) is 0 Å². The number of hydrogen-bond acceptors (Lipinski definition) is 5. The van der Waals surface area contributed by atoms with Crippen LogP contribution in [0.2, 0.25) is 0 Å². The van der Waals surface area contributed by atoms with Crippen molar-refractivity contribution >= 4 is 40.3 Å². The predicted molar refractivity (Wildman–Crippen MR) is 134 cm³/mol. The highest BCUT2D eigenvalue weighted by Crippen LogP contribution is 2.26. The first-order chi connectivity index (χ1) is 16.7. The second kappa shape index (κ2) is 9.46. The lowest BCUT2D eigenvalue weighted by molar-refractivity contribution is 0.0948. The van der Waals surface area contributed by atoms with Crippen LogP contribution in [0.15, 0.2) is 83.4 Å². The van der Waals surface area contributed by atoms with Crippen LogP contribution in [0.1, 0.15) is 33.3 Å². The van der Waals surface area contributed by atoms with Crippen LogP contribution in [-0.4, -0.2) is 21.1 Å². The highest BCUT2D eigenvalue weighted by molar-refractivity contribution is 6.00. The van der Waals surface area contributed by atoms with Gasteiger partial charge in [0.05, 0.1) is 34.7 Å². The van der Waals surface area contributed by atoms with Crippen LogP contribution in [0.5, 0.6) is 0 Å². The summed E-state index contributed by atoms with van der Waals surface area (Å²) in [4.78, 5) is 17.1. The zero-order valence-corrected chi connectivity index (χ0v) is 18.6. The summed E-state index contributed by atoms with van der Waals surface area (Å²) in [5.41, 5.74) is 4.70. The van der Waals surface area contributed by atoms with Crippen molar-refractivity contribution in [3.8, 4) is 0 Å². The highest BCUT2D eigenvalue weighted by atomic mass is 16.3. The van der Waals surface area contributed by atoms with Gasteiger partial charge >= 0.3 is 0 Å². The molecule has 0 saturated heterocycles. The van der Waals surface area contributed by atoms with E-state index in [0.717, 1.165) is 33.7 Å². The fourth-order valence-corrected chi connectivity index (χ4v) is 3.67. The number of benzene rings is 2. The molecule has 0 aliphatic heterocycles. The maximum Gasteiger partial charge on any atom is 0.253 e. The number of amides is 1. The number of carbonyl (C=O) groups is 1. The number of rotatable bonds is 7. The molecule has 0 unspecified atom stereocenters. The molecular formula is C27H23N5O2. The number of anilines is 2. The fraction of sp³-hybridized carbons (Fsp3) is 0.0741. The van der Waals surface area contributed by atoms with Gasteiger partial charge in [0.1, 0.15) is 11.5 Å². The lowest BCUT2D eigenvalue weighted by Crippen LogP contribution is -2.23. The van der Waals surface area contributed by atoms with Gasteiger partial charge < -0.3 is 15.1 Å². The molecule has 7 heteroatoms. The van der Waals surface area contributed by atoms with Crippen LogP contribution in [-0.2, 0) is 6.54 Å². The number of para-hydroxylation sites is 1. The molecule has 7 nitrogen and oxygen atoms in total. The quantitative estimate of drug-likeness (QED) is 0.296. The van der Waals surface area contributed by atoms with E-state index in [0.29, 0.717) is 23.6 Å². The van der Waals surface area contributed by atoms with Crippen molar-refractivity contribution in [2.45, 2.75) is 13.5 Å². The summed E-state index contributed by atoms with van der Waals surface area (Å²) in [6.45, 7) is 2.21. The maximum absolute atomic E-state index is 12.8. The Hall–Kier alpha value is -4.65. The summed E-state index contributed by atoms with van der Waals surface area (Å²) in [6.07, 6.45) is 5.63. The van der Waals surface area contributed by atoms with E-state index in [4.69, 9.17) is 4.42 Å². The Morgan fingerprint density at radius 3 is 2.74 bits per heavy atom. The van der Waals surface area contributed by atoms with Gasteiger partial charge in [-0.1, -0.05) is 18.2 Å². The van der Waals surface area contributed by atoms with Gasteiger partial charge in [-0.25, -0.2) is 0 Å². The number of H-pyrrole nitrogens is 1. The number of pyridine rings is 1. The third-order valence-electron chi connectivity index (χ3n) is 5.36. The molecule has 1 amide bonds. The Morgan fingerprint density at radius 2 is 1.91 bits per heavy atom. The normalized spacial score (nSPS) is 11.2. The third kappa shape index (κ3) is 4.73. The van der Waals surface area contributed by atoms with Gasteiger partial charge in [0, 0.05) is 17.3 Å².